The topological polar surface area (TPSA) is 86.8 Å². The minimum Gasteiger partial charge on any atom is -0.354 e. The van der Waals surface area contributed by atoms with Gasteiger partial charge in [0.25, 0.3) is 0 Å². The third-order valence-electron chi connectivity index (χ3n) is 5.13. The second kappa shape index (κ2) is 12.9. The van der Waals surface area contributed by atoms with Gasteiger partial charge in [-0.05, 0) is 42.7 Å². The minimum atomic E-state index is -3.99. The second-order valence-electron chi connectivity index (χ2n) is 8.57. The molecule has 0 heterocycles. The van der Waals surface area contributed by atoms with Crippen molar-refractivity contribution in [3.63, 3.8) is 0 Å². The average molecular weight is 618 g/mol. The first-order chi connectivity index (χ1) is 16.6. The van der Waals surface area contributed by atoms with Crippen LogP contribution in [0, 0.1) is 5.92 Å². The monoisotopic (exact) mass is 615 g/mol. The number of nitrogens with one attached hydrogen (secondary N) is 1. The summed E-state index contributed by atoms with van der Waals surface area (Å²) in [6.45, 7) is 5.18. The van der Waals surface area contributed by atoms with Crippen LogP contribution in [-0.2, 0) is 26.2 Å². The van der Waals surface area contributed by atoms with Crippen LogP contribution in [-0.4, -0.2) is 50.5 Å². The van der Waals surface area contributed by atoms with E-state index in [1.54, 1.807) is 25.1 Å². The molecule has 0 spiro atoms. The van der Waals surface area contributed by atoms with Gasteiger partial charge in [-0.1, -0.05) is 77.9 Å². The first kappa shape index (κ1) is 30.8. The van der Waals surface area contributed by atoms with Gasteiger partial charge < -0.3 is 10.2 Å². The lowest BCUT2D eigenvalue weighted by Gasteiger charge is -2.32. The van der Waals surface area contributed by atoms with Crippen LogP contribution in [0.1, 0.15) is 26.3 Å². The first-order valence-electron chi connectivity index (χ1n) is 10.7. The van der Waals surface area contributed by atoms with Crippen molar-refractivity contribution in [2.75, 3.05) is 23.7 Å². The maximum atomic E-state index is 13.6. The number of halogens is 5. The number of sulfonamides is 1. The van der Waals surface area contributed by atoms with Gasteiger partial charge >= 0.3 is 0 Å². The van der Waals surface area contributed by atoms with Crippen LogP contribution in [0.2, 0.25) is 25.1 Å². The van der Waals surface area contributed by atoms with Crippen molar-refractivity contribution in [3.05, 3.63) is 61.0 Å². The number of benzene rings is 2. The highest BCUT2D eigenvalue weighted by atomic mass is 35.5. The summed E-state index contributed by atoms with van der Waals surface area (Å²) < 4.78 is 26.2. The molecule has 36 heavy (non-hydrogen) atoms. The summed E-state index contributed by atoms with van der Waals surface area (Å²) in [6.07, 6.45) is 0.932. The summed E-state index contributed by atoms with van der Waals surface area (Å²) in [4.78, 5) is 27.7. The lowest BCUT2D eigenvalue weighted by molar-refractivity contribution is -0.139. The smallest absolute Gasteiger partial charge is 0.244 e. The predicted octanol–water partition coefficient (Wildman–Crippen LogP) is 5.91. The molecular weight excluding hydrogens is 592 g/mol. The Labute approximate surface area is 236 Å². The van der Waals surface area contributed by atoms with Gasteiger partial charge in [0, 0.05) is 13.1 Å². The molecule has 2 aromatic rings. The Morgan fingerprint density at radius 2 is 1.47 bits per heavy atom. The molecule has 0 radical (unpaired) electrons. The molecule has 0 fully saturated rings. The average Bonchev–Trinajstić information content (AvgIpc) is 2.77. The lowest BCUT2D eigenvalue weighted by atomic mass is 10.1. The fourth-order valence-corrected chi connectivity index (χ4v) is 5.03. The molecule has 0 aliphatic heterocycles. The predicted molar refractivity (Wildman–Crippen MR) is 148 cm³/mol. The number of anilines is 1. The second-order valence-corrected chi connectivity index (χ2v) is 12.5. The molecule has 7 nitrogen and oxygen atoms in total. The maximum Gasteiger partial charge on any atom is 0.244 e. The quantitative estimate of drug-likeness (QED) is 0.336. The maximum absolute atomic E-state index is 13.6. The summed E-state index contributed by atoms with van der Waals surface area (Å²) in [5.41, 5.74) is 0.577. The third kappa shape index (κ3) is 8.30. The van der Waals surface area contributed by atoms with Crippen molar-refractivity contribution in [2.45, 2.75) is 33.4 Å². The van der Waals surface area contributed by atoms with Crippen molar-refractivity contribution >= 4 is 85.5 Å². The van der Waals surface area contributed by atoms with E-state index in [1.165, 1.54) is 17.0 Å². The number of hydrogen-bond acceptors (Lipinski definition) is 4. The number of amides is 2. The van der Waals surface area contributed by atoms with Crippen molar-refractivity contribution in [1.29, 1.82) is 0 Å². The molecular formula is C23H26Cl5N3O4S. The van der Waals surface area contributed by atoms with Gasteiger partial charge in [-0.2, -0.15) is 0 Å². The number of rotatable bonds is 10. The van der Waals surface area contributed by atoms with Gasteiger partial charge in [-0.15, -0.1) is 0 Å². The highest BCUT2D eigenvalue weighted by Crippen LogP contribution is 2.35. The molecule has 13 heteroatoms. The Balaban J connectivity index is 2.46. The van der Waals surface area contributed by atoms with Crippen LogP contribution in [0.25, 0.3) is 0 Å². The largest absolute Gasteiger partial charge is 0.354 e. The lowest BCUT2D eigenvalue weighted by Crippen LogP contribution is -2.51. The molecule has 0 aliphatic rings. The van der Waals surface area contributed by atoms with E-state index in [-0.39, 0.29) is 38.2 Å². The van der Waals surface area contributed by atoms with Crippen molar-refractivity contribution in [1.82, 2.24) is 10.2 Å². The van der Waals surface area contributed by atoms with E-state index in [0.29, 0.717) is 17.1 Å². The van der Waals surface area contributed by atoms with Gasteiger partial charge in [-0.25, -0.2) is 8.42 Å². The van der Waals surface area contributed by atoms with E-state index in [0.717, 1.165) is 10.6 Å². The zero-order valence-corrected chi connectivity index (χ0v) is 24.6. The molecule has 2 aromatic carbocycles. The Kier molecular flexibility index (Phi) is 11.0. The van der Waals surface area contributed by atoms with E-state index >= 15 is 0 Å². The van der Waals surface area contributed by atoms with E-state index in [4.69, 9.17) is 58.0 Å². The van der Waals surface area contributed by atoms with E-state index < -0.39 is 34.4 Å². The molecule has 0 aromatic heterocycles. The molecule has 0 unspecified atom stereocenters. The van der Waals surface area contributed by atoms with Crippen LogP contribution in [0.4, 0.5) is 5.69 Å². The Morgan fingerprint density at radius 3 is 2.03 bits per heavy atom. The van der Waals surface area contributed by atoms with Crippen molar-refractivity contribution in [2.24, 2.45) is 5.92 Å². The summed E-state index contributed by atoms with van der Waals surface area (Å²) in [5.74, 6) is -0.852. The summed E-state index contributed by atoms with van der Waals surface area (Å²) >= 11 is 30.4. The molecule has 0 saturated carbocycles. The van der Waals surface area contributed by atoms with Crippen LogP contribution in [0.15, 0.2) is 30.3 Å². The van der Waals surface area contributed by atoms with E-state index in [2.05, 4.69) is 5.32 Å². The van der Waals surface area contributed by atoms with Gasteiger partial charge in [0.05, 0.1) is 37.1 Å². The molecule has 1 atom stereocenters. The summed E-state index contributed by atoms with van der Waals surface area (Å²) in [7, 11) is -3.99. The van der Waals surface area contributed by atoms with Gasteiger partial charge in [0.1, 0.15) is 12.6 Å². The number of carbonyl (C=O) groups excluding carboxylic acids is 2. The highest BCUT2D eigenvalue weighted by molar-refractivity contribution is 7.92. The van der Waals surface area contributed by atoms with Crippen molar-refractivity contribution in [3.8, 4) is 0 Å². The van der Waals surface area contributed by atoms with Crippen LogP contribution >= 0.6 is 58.0 Å². The van der Waals surface area contributed by atoms with Crippen LogP contribution in [0.5, 0.6) is 0 Å². The van der Waals surface area contributed by atoms with E-state index in [9.17, 15) is 18.0 Å². The number of carbonyl (C=O) groups is 2. The normalized spacial score (nSPS) is 12.4. The number of nitrogens with zero attached hydrogens (tertiary/aromatic N) is 2. The zero-order valence-electron chi connectivity index (χ0n) is 20.0. The molecule has 0 bridgehead atoms. The highest BCUT2D eigenvalue weighted by Gasteiger charge is 2.31. The van der Waals surface area contributed by atoms with Gasteiger partial charge in [0.15, 0.2) is 0 Å². The molecule has 0 saturated heterocycles. The summed E-state index contributed by atoms with van der Waals surface area (Å²) in [6, 6.07) is 6.44. The molecule has 2 amide bonds. The number of hydrogen-bond donors (Lipinski definition) is 1. The van der Waals surface area contributed by atoms with Crippen molar-refractivity contribution < 1.29 is 18.0 Å². The SMILES string of the molecule is CC(C)CNC(=O)[C@@H](C)N(Cc1ccc(Cl)c(Cl)c1)C(=O)CN(c1cc(Cl)c(Cl)cc1Cl)S(C)(=O)=O. The van der Waals surface area contributed by atoms with Gasteiger partial charge in [-0.3, -0.25) is 13.9 Å². The zero-order chi connectivity index (χ0) is 27.4. The van der Waals surface area contributed by atoms with E-state index in [1.807, 2.05) is 13.8 Å². The molecule has 1 N–H and O–H groups in total. The molecule has 198 valence electrons. The fourth-order valence-electron chi connectivity index (χ4n) is 3.17. The first-order valence-corrected chi connectivity index (χ1v) is 14.5. The molecule has 2 rings (SSSR count). The third-order valence-corrected chi connectivity index (χ3v) is 8.02. The van der Waals surface area contributed by atoms with Crippen LogP contribution < -0.4 is 9.62 Å². The van der Waals surface area contributed by atoms with Crippen LogP contribution in [0.3, 0.4) is 0 Å². The Hall–Kier alpha value is -1.42. The minimum absolute atomic E-state index is 0.0126. The fraction of sp³-hybridized carbons (Fsp3) is 0.391. The Bertz CT molecular complexity index is 1240. The van der Waals surface area contributed by atoms with Gasteiger partial charge in [0.2, 0.25) is 21.8 Å². The standard InChI is InChI=1S/C23H26Cl5N3O4S/c1-13(2)10-29-23(33)14(3)30(11-15-5-6-16(24)17(25)7-15)22(32)12-31(36(4,34)35)21-9-19(27)18(26)8-20(21)28/h5-9,13-14H,10-12H2,1-4H3,(H,29,33)/t14-/m1/s1. The summed E-state index contributed by atoms with van der Waals surface area (Å²) in [5, 5.41) is 3.58. The Morgan fingerprint density at radius 1 is 0.889 bits per heavy atom. The molecule has 0 aliphatic carbocycles.